The van der Waals surface area contributed by atoms with Gasteiger partial charge in [-0.05, 0) is 77.5 Å². The number of allylic oxidation sites excluding steroid dienone is 1. The quantitative estimate of drug-likeness (QED) is 0.353. The molecule has 1 heterocycles. The van der Waals surface area contributed by atoms with Crippen molar-refractivity contribution in [1.82, 2.24) is 5.32 Å². The predicted molar refractivity (Wildman–Crippen MR) is 140 cm³/mol. The minimum atomic E-state index is -1.22. The number of aliphatic hydroxyl groups excluding tert-OH is 2. The van der Waals surface area contributed by atoms with E-state index >= 15 is 0 Å². The van der Waals surface area contributed by atoms with Crippen LogP contribution in [0.3, 0.4) is 0 Å². The van der Waals surface area contributed by atoms with Gasteiger partial charge in [0.25, 0.3) is 0 Å². The van der Waals surface area contributed by atoms with E-state index in [9.17, 15) is 15.0 Å². The first-order chi connectivity index (χ1) is 16.8. The van der Waals surface area contributed by atoms with Crippen LogP contribution in [0.15, 0.2) is 30.3 Å². The zero-order chi connectivity index (χ0) is 26.9. The summed E-state index contributed by atoms with van der Waals surface area (Å²) in [6, 6.07) is 7.06. The van der Waals surface area contributed by atoms with Gasteiger partial charge < -0.3 is 34.5 Å². The molecule has 3 N–H and O–H groups in total. The summed E-state index contributed by atoms with van der Waals surface area (Å²) in [6.45, 7) is 10.5. The van der Waals surface area contributed by atoms with Gasteiger partial charge in [-0.25, -0.2) is 4.79 Å². The molecule has 36 heavy (non-hydrogen) atoms. The highest BCUT2D eigenvalue weighted by Gasteiger charge is 2.49. The van der Waals surface area contributed by atoms with Crippen LogP contribution >= 0.6 is 0 Å². The largest absolute Gasteiger partial charge is 0.497 e. The minimum absolute atomic E-state index is 0.108. The summed E-state index contributed by atoms with van der Waals surface area (Å²) >= 11 is 0. The van der Waals surface area contributed by atoms with Gasteiger partial charge in [-0.1, -0.05) is 37.6 Å². The van der Waals surface area contributed by atoms with Gasteiger partial charge in [0, 0.05) is 0 Å². The predicted octanol–water partition coefficient (Wildman–Crippen LogP) is 4.67. The second-order valence-corrected chi connectivity index (χ2v) is 10.9. The van der Waals surface area contributed by atoms with E-state index in [2.05, 4.69) is 24.4 Å². The van der Waals surface area contributed by atoms with Crippen LogP contribution in [-0.2, 0) is 14.2 Å². The summed E-state index contributed by atoms with van der Waals surface area (Å²) in [4.78, 5) is 12.5. The molecule has 0 spiro atoms. The molecular formula is C28H45NO7. The molecule has 1 amide bonds. The molecule has 1 aromatic rings. The molecule has 5 atom stereocenters. The number of hydrogen-bond acceptors (Lipinski definition) is 7. The third-order valence-corrected chi connectivity index (χ3v) is 6.07. The lowest BCUT2D eigenvalue weighted by Crippen LogP contribution is -2.56. The third kappa shape index (κ3) is 9.73. The lowest BCUT2D eigenvalue weighted by Gasteiger charge is -2.33. The molecule has 2 rings (SSSR count). The standard InChI is InChI=1S/C28H45NO7/c1-19(12-10-8-9-11-13-20-14-16-21(33-7)17-15-20)24-25(35-28(5,6)34-24)23(22(31)18-30)29-26(32)36-27(2,3)4/h11,13-17,19,22-25,30-31H,8-10,12,18H2,1-7H3,(H,29,32)/b13-11+/t19-,22+,23-,24-,25-/m0/s1. The van der Waals surface area contributed by atoms with Gasteiger partial charge >= 0.3 is 6.09 Å². The van der Waals surface area contributed by atoms with Crippen molar-refractivity contribution in [2.24, 2.45) is 5.92 Å². The lowest BCUT2D eigenvalue weighted by atomic mass is 9.89. The van der Waals surface area contributed by atoms with Crippen LogP contribution in [0.1, 0.15) is 72.8 Å². The summed E-state index contributed by atoms with van der Waals surface area (Å²) in [6.07, 6.45) is 5.25. The Bertz CT molecular complexity index is 831. The number of amides is 1. The molecule has 204 valence electrons. The normalized spacial score (nSPS) is 22.2. The monoisotopic (exact) mass is 507 g/mol. The Balaban J connectivity index is 1.94. The average Bonchev–Trinajstić information content (AvgIpc) is 3.13. The number of carbonyl (C=O) groups excluding carboxylic acids is 1. The van der Waals surface area contributed by atoms with Crippen molar-refractivity contribution >= 4 is 12.2 Å². The molecule has 1 aliphatic rings. The molecule has 1 aliphatic heterocycles. The second kappa shape index (κ2) is 13.4. The molecule has 0 unspecified atom stereocenters. The van der Waals surface area contributed by atoms with Gasteiger partial charge in [0.2, 0.25) is 0 Å². The number of unbranched alkanes of at least 4 members (excludes halogenated alkanes) is 2. The van der Waals surface area contributed by atoms with E-state index in [1.807, 2.05) is 38.1 Å². The molecule has 1 fully saturated rings. The van der Waals surface area contributed by atoms with Gasteiger partial charge in [0.05, 0.1) is 32.0 Å². The van der Waals surface area contributed by atoms with Crippen LogP contribution in [-0.4, -0.2) is 65.8 Å². The number of aliphatic hydroxyl groups is 2. The average molecular weight is 508 g/mol. The Morgan fingerprint density at radius 2 is 1.81 bits per heavy atom. The molecule has 0 bridgehead atoms. The molecule has 8 heteroatoms. The van der Waals surface area contributed by atoms with Crippen LogP contribution < -0.4 is 10.1 Å². The van der Waals surface area contributed by atoms with Gasteiger partial charge in [0.1, 0.15) is 17.5 Å². The molecule has 0 aliphatic carbocycles. The van der Waals surface area contributed by atoms with Crippen molar-refractivity contribution in [2.45, 2.75) is 103 Å². The Morgan fingerprint density at radius 1 is 1.17 bits per heavy atom. The van der Waals surface area contributed by atoms with Gasteiger partial charge in [-0.3, -0.25) is 0 Å². The van der Waals surface area contributed by atoms with Crippen LogP contribution in [0, 0.1) is 5.92 Å². The Hall–Kier alpha value is -2.13. The highest BCUT2D eigenvalue weighted by molar-refractivity contribution is 5.68. The Kier molecular flexibility index (Phi) is 11.2. The first-order valence-electron chi connectivity index (χ1n) is 12.8. The molecule has 0 aromatic heterocycles. The summed E-state index contributed by atoms with van der Waals surface area (Å²) in [5.74, 6) is 0.0697. The lowest BCUT2D eigenvalue weighted by molar-refractivity contribution is -0.154. The van der Waals surface area contributed by atoms with Crippen molar-refractivity contribution in [3.63, 3.8) is 0 Å². The summed E-state index contributed by atoms with van der Waals surface area (Å²) in [5.41, 5.74) is 0.441. The zero-order valence-corrected chi connectivity index (χ0v) is 22.8. The van der Waals surface area contributed by atoms with E-state index in [0.717, 1.165) is 37.0 Å². The summed E-state index contributed by atoms with van der Waals surface area (Å²) < 4.78 is 22.9. The van der Waals surface area contributed by atoms with Crippen molar-refractivity contribution in [3.8, 4) is 5.75 Å². The first-order valence-corrected chi connectivity index (χ1v) is 12.8. The van der Waals surface area contributed by atoms with Crippen LogP contribution in [0.4, 0.5) is 4.79 Å². The van der Waals surface area contributed by atoms with E-state index in [-0.39, 0.29) is 12.0 Å². The topological polar surface area (TPSA) is 106 Å². The van der Waals surface area contributed by atoms with Crippen LogP contribution in [0.2, 0.25) is 0 Å². The summed E-state index contributed by atoms with van der Waals surface area (Å²) in [5, 5.41) is 22.9. The van der Waals surface area contributed by atoms with E-state index in [4.69, 9.17) is 18.9 Å². The molecule has 0 saturated carbocycles. The number of carbonyl (C=O) groups is 1. The van der Waals surface area contributed by atoms with E-state index < -0.39 is 42.3 Å². The second-order valence-electron chi connectivity index (χ2n) is 10.9. The highest BCUT2D eigenvalue weighted by atomic mass is 16.8. The van der Waals surface area contributed by atoms with Gasteiger partial charge in [-0.2, -0.15) is 0 Å². The maximum absolute atomic E-state index is 12.5. The number of hydrogen-bond donors (Lipinski definition) is 3. The fourth-order valence-corrected chi connectivity index (χ4v) is 4.32. The SMILES string of the molecule is COc1ccc(/C=C/CCCC[C@H](C)[C@@H]2OC(C)(C)O[C@H]2[C@@H](NC(=O)OC(C)(C)C)[C@H](O)CO)cc1. The van der Waals surface area contributed by atoms with E-state index in [0.29, 0.717) is 0 Å². The number of alkyl carbamates (subject to hydrolysis) is 1. The maximum atomic E-state index is 12.5. The van der Waals surface area contributed by atoms with Crippen molar-refractivity contribution in [1.29, 1.82) is 0 Å². The number of rotatable bonds is 12. The molecule has 1 saturated heterocycles. The Morgan fingerprint density at radius 3 is 2.39 bits per heavy atom. The first kappa shape index (κ1) is 30.1. The Labute approximate surface area is 216 Å². The van der Waals surface area contributed by atoms with Gasteiger partial charge in [0.15, 0.2) is 5.79 Å². The van der Waals surface area contributed by atoms with Gasteiger partial charge in [-0.15, -0.1) is 0 Å². The molecule has 0 radical (unpaired) electrons. The van der Waals surface area contributed by atoms with Crippen molar-refractivity contribution in [2.75, 3.05) is 13.7 Å². The number of benzene rings is 1. The smallest absolute Gasteiger partial charge is 0.408 e. The number of methoxy groups -OCH3 is 1. The van der Waals surface area contributed by atoms with Crippen LogP contribution in [0.5, 0.6) is 5.75 Å². The molecular weight excluding hydrogens is 462 g/mol. The fraction of sp³-hybridized carbons (Fsp3) is 0.679. The fourth-order valence-electron chi connectivity index (χ4n) is 4.32. The zero-order valence-electron chi connectivity index (χ0n) is 22.8. The maximum Gasteiger partial charge on any atom is 0.408 e. The highest BCUT2D eigenvalue weighted by Crippen LogP contribution is 2.36. The minimum Gasteiger partial charge on any atom is -0.497 e. The summed E-state index contributed by atoms with van der Waals surface area (Å²) in [7, 11) is 1.66. The number of ether oxygens (including phenoxy) is 4. The third-order valence-electron chi connectivity index (χ3n) is 6.07. The van der Waals surface area contributed by atoms with Crippen molar-refractivity contribution < 1.29 is 34.0 Å². The van der Waals surface area contributed by atoms with Crippen LogP contribution in [0.25, 0.3) is 6.08 Å². The van der Waals surface area contributed by atoms with E-state index in [1.165, 1.54) is 0 Å². The van der Waals surface area contributed by atoms with Crippen molar-refractivity contribution in [3.05, 3.63) is 35.9 Å². The molecule has 1 aromatic carbocycles. The molecule has 8 nitrogen and oxygen atoms in total. The van der Waals surface area contributed by atoms with E-state index in [1.54, 1.807) is 27.9 Å². The number of nitrogens with one attached hydrogen (secondary N) is 1.